The van der Waals surface area contributed by atoms with Crippen molar-refractivity contribution >= 4 is 10.0 Å². The lowest BCUT2D eigenvalue weighted by Gasteiger charge is -2.04. The Morgan fingerprint density at radius 3 is 2.42 bits per heavy atom. The highest BCUT2D eigenvalue weighted by Crippen LogP contribution is 2.12. The van der Waals surface area contributed by atoms with Gasteiger partial charge in [0.1, 0.15) is 0 Å². The molecule has 1 aromatic carbocycles. The zero-order chi connectivity index (χ0) is 9.19. The Bertz CT molecular complexity index is 370. The van der Waals surface area contributed by atoms with Crippen molar-refractivity contribution in [3.05, 3.63) is 36.9 Å². The summed E-state index contributed by atoms with van der Waals surface area (Å²) in [5, 5.41) is 0. The van der Waals surface area contributed by atoms with E-state index in [0.717, 1.165) is 0 Å². The average Bonchev–Trinajstić information content (AvgIpc) is 2.05. The molecule has 0 atom stereocenters. The van der Waals surface area contributed by atoms with Crippen LogP contribution in [-0.4, -0.2) is 8.42 Å². The van der Waals surface area contributed by atoms with Crippen LogP contribution < -0.4 is 4.72 Å². The van der Waals surface area contributed by atoms with Crippen LogP contribution in [0.3, 0.4) is 0 Å². The molecule has 0 fully saturated rings. The van der Waals surface area contributed by atoms with Gasteiger partial charge in [0, 0.05) is 7.05 Å². The highest BCUT2D eigenvalue weighted by atomic mass is 32.2. The molecule has 0 saturated heterocycles. The van der Waals surface area contributed by atoms with Gasteiger partial charge in [-0.3, -0.25) is 0 Å². The second-order valence-electron chi connectivity index (χ2n) is 2.41. The number of nitrogens with one attached hydrogen (secondary N) is 1. The van der Waals surface area contributed by atoms with E-state index >= 15 is 0 Å². The molecule has 0 spiro atoms. The maximum atomic E-state index is 11.2. The summed E-state index contributed by atoms with van der Waals surface area (Å²) in [4.78, 5) is 0.278. The third-order valence-electron chi connectivity index (χ3n) is 1.57. The van der Waals surface area contributed by atoms with E-state index in [2.05, 4.69) is 7.05 Å². The largest absolute Gasteiger partial charge is 0.240 e. The first-order chi connectivity index (χ1) is 5.58. The van der Waals surface area contributed by atoms with Gasteiger partial charge in [-0.2, -0.15) is 0 Å². The topological polar surface area (TPSA) is 46.2 Å². The Hall–Kier alpha value is -0.870. The van der Waals surface area contributed by atoms with Gasteiger partial charge in [-0.1, -0.05) is 18.2 Å². The van der Waals surface area contributed by atoms with Crippen molar-refractivity contribution in [1.29, 1.82) is 0 Å². The molecular formula is C8H10NO2S. The summed E-state index contributed by atoms with van der Waals surface area (Å²) in [5.74, 6) is 0. The third kappa shape index (κ3) is 1.65. The van der Waals surface area contributed by atoms with Crippen LogP contribution in [0.1, 0.15) is 5.56 Å². The molecule has 65 valence electrons. The maximum absolute atomic E-state index is 11.2. The Morgan fingerprint density at radius 2 is 1.92 bits per heavy atom. The van der Waals surface area contributed by atoms with Crippen LogP contribution in [0.5, 0.6) is 0 Å². The van der Waals surface area contributed by atoms with E-state index in [0.29, 0.717) is 5.56 Å². The Balaban J connectivity index is 3.30. The minimum absolute atomic E-state index is 0.278. The fourth-order valence-electron chi connectivity index (χ4n) is 0.936. The molecule has 0 heterocycles. The van der Waals surface area contributed by atoms with Crippen molar-refractivity contribution in [1.82, 2.24) is 4.72 Å². The molecule has 0 unspecified atom stereocenters. The van der Waals surface area contributed by atoms with Crippen LogP contribution in [0.25, 0.3) is 0 Å². The predicted octanol–water partition coefficient (Wildman–Crippen LogP) is 1.06. The van der Waals surface area contributed by atoms with Crippen molar-refractivity contribution in [2.75, 3.05) is 0 Å². The van der Waals surface area contributed by atoms with Gasteiger partial charge >= 0.3 is 0 Å². The molecule has 12 heavy (non-hydrogen) atoms. The maximum Gasteiger partial charge on any atom is 0.240 e. The molecule has 1 aromatic rings. The molecule has 0 bridgehead atoms. The van der Waals surface area contributed by atoms with Crippen molar-refractivity contribution in [2.24, 2.45) is 0 Å². The van der Waals surface area contributed by atoms with Gasteiger partial charge in [0.05, 0.1) is 4.90 Å². The van der Waals surface area contributed by atoms with Crippen LogP contribution in [-0.2, 0) is 10.0 Å². The Kier molecular flexibility index (Phi) is 2.49. The molecule has 3 nitrogen and oxygen atoms in total. The first-order valence-electron chi connectivity index (χ1n) is 3.42. The van der Waals surface area contributed by atoms with Gasteiger partial charge in [0.25, 0.3) is 0 Å². The van der Waals surface area contributed by atoms with Gasteiger partial charge in [0.2, 0.25) is 10.0 Å². The minimum Gasteiger partial charge on any atom is -0.210 e. The summed E-state index contributed by atoms with van der Waals surface area (Å²) >= 11 is 0. The molecule has 0 aliphatic carbocycles. The van der Waals surface area contributed by atoms with Crippen LogP contribution >= 0.6 is 0 Å². The van der Waals surface area contributed by atoms with E-state index in [1.54, 1.807) is 31.2 Å². The Labute approximate surface area is 72.5 Å². The van der Waals surface area contributed by atoms with Crippen molar-refractivity contribution in [2.45, 2.75) is 11.8 Å². The molecule has 1 rings (SSSR count). The lowest BCUT2D eigenvalue weighted by Crippen LogP contribution is -2.17. The fourth-order valence-corrected chi connectivity index (χ4v) is 1.84. The van der Waals surface area contributed by atoms with Gasteiger partial charge in [-0.05, 0) is 18.6 Å². The molecule has 0 saturated carbocycles. The summed E-state index contributed by atoms with van der Waals surface area (Å²) in [6, 6.07) is 6.75. The quantitative estimate of drug-likeness (QED) is 0.747. The van der Waals surface area contributed by atoms with Crippen molar-refractivity contribution in [3.8, 4) is 0 Å². The fraction of sp³-hybridized carbons (Fsp3) is 0.125. The van der Waals surface area contributed by atoms with Crippen LogP contribution in [0.2, 0.25) is 0 Å². The van der Waals surface area contributed by atoms with E-state index in [1.807, 2.05) is 4.72 Å². The normalized spacial score (nSPS) is 11.5. The summed E-state index contributed by atoms with van der Waals surface area (Å²) < 4.78 is 24.5. The highest BCUT2D eigenvalue weighted by Gasteiger charge is 2.12. The van der Waals surface area contributed by atoms with E-state index in [1.165, 1.54) is 0 Å². The molecule has 1 N–H and O–H groups in total. The van der Waals surface area contributed by atoms with E-state index in [9.17, 15) is 8.42 Å². The van der Waals surface area contributed by atoms with Crippen LogP contribution in [0, 0.1) is 14.0 Å². The molecule has 0 aliphatic rings. The lowest BCUT2D eigenvalue weighted by molar-refractivity contribution is 0.590. The summed E-state index contributed by atoms with van der Waals surface area (Å²) in [6.45, 7) is 1.74. The predicted molar refractivity (Wildman–Crippen MR) is 46.9 cm³/mol. The smallest absolute Gasteiger partial charge is 0.210 e. The molecule has 1 radical (unpaired) electrons. The van der Waals surface area contributed by atoms with Crippen LogP contribution in [0.4, 0.5) is 0 Å². The minimum atomic E-state index is -3.39. The van der Waals surface area contributed by atoms with E-state index in [-0.39, 0.29) is 4.90 Å². The summed E-state index contributed by atoms with van der Waals surface area (Å²) in [6.07, 6.45) is 0. The molecule has 4 heteroatoms. The van der Waals surface area contributed by atoms with Crippen molar-refractivity contribution in [3.63, 3.8) is 0 Å². The molecule has 0 aromatic heterocycles. The monoisotopic (exact) mass is 184 g/mol. The first-order valence-corrected chi connectivity index (χ1v) is 4.91. The van der Waals surface area contributed by atoms with Gasteiger partial charge < -0.3 is 0 Å². The van der Waals surface area contributed by atoms with E-state index < -0.39 is 10.0 Å². The average molecular weight is 184 g/mol. The van der Waals surface area contributed by atoms with Crippen molar-refractivity contribution < 1.29 is 8.42 Å². The molecule has 0 aliphatic heterocycles. The van der Waals surface area contributed by atoms with Gasteiger partial charge in [0.15, 0.2) is 0 Å². The number of benzene rings is 1. The second kappa shape index (κ2) is 3.25. The lowest BCUT2D eigenvalue weighted by atomic mass is 10.2. The van der Waals surface area contributed by atoms with Gasteiger partial charge in [-0.25, -0.2) is 13.1 Å². The number of aryl methyl sites for hydroxylation is 1. The standard InChI is InChI=1S/C8H10NO2S/c1-7-5-3-4-6-8(7)12(10,11)9-2/h3-6,9H,2H2,1H3. The number of hydrogen-bond acceptors (Lipinski definition) is 2. The number of hydrogen-bond donors (Lipinski definition) is 1. The van der Waals surface area contributed by atoms with E-state index in [4.69, 9.17) is 0 Å². The Morgan fingerprint density at radius 1 is 1.33 bits per heavy atom. The summed E-state index contributed by atoms with van der Waals surface area (Å²) in [5.41, 5.74) is 0.716. The highest BCUT2D eigenvalue weighted by molar-refractivity contribution is 7.89. The molecule has 0 amide bonds. The van der Waals surface area contributed by atoms with Gasteiger partial charge in [-0.15, -0.1) is 0 Å². The summed E-state index contributed by atoms with van der Waals surface area (Å²) in [7, 11) is -0.253. The molecular weight excluding hydrogens is 174 g/mol. The number of sulfonamides is 1. The van der Waals surface area contributed by atoms with Crippen LogP contribution in [0.15, 0.2) is 29.2 Å². The first kappa shape index (κ1) is 9.22. The number of rotatable bonds is 2. The third-order valence-corrected chi connectivity index (χ3v) is 2.99. The second-order valence-corrected chi connectivity index (χ2v) is 4.15. The SMILES string of the molecule is [CH2]NS(=O)(=O)c1ccccc1C. The zero-order valence-electron chi connectivity index (χ0n) is 6.74. The zero-order valence-corrected chi connectivity index (χ0v) is 7.56.